The molecule has 1 unspecified atom stereocenters. The molecule has 0 aromatic carbocycles. The molecule has 0 aliphatic carbocycles. The SMILES string of the molecule is Cc1cc(N2CCC(O)(CN(C)C(=O)CCCC(=O)O)C2)c2cnccc2n1. The first kappa shape index (κ1) is 20.0. The average molecular weight is 386 g/mol. The highest BCUT2D eigenvalue weighted by Crippen LogP contribution is 2.32. The lowest BCUT2D eigenvalue weighted by atomic mass is 10.0. The van der Waals surface area contributed by atoms with E-state index in [1.54, 1.807) is 19.4 Å². The summed E-state index contributed by atoms with van der Waals surface area (Å²) in [5.74, 6) is -1.06. The number of nitrogens with zero attached hydrogens (tertiary/aromatic N) is 4. The minimum absolute atomic E-state index is 0.0276. The van der Waals surface area contributed by atoms with Gasteiger partial charge in [-0.05, 0) is 31.9 Å². The number of pyridine rings is 2. The summed E-state index contributed by atoms with van der Waals surface area (Å²) in [6.07, 6.45) is 4.49. The molecule has 1 saturated heterocycles. The molecule has 2 aromatic rings. The zero-order chi connectivity index (χ0) is 20.3. The molecule has 3 heterocycles. The van der Waals surface area contributed by atoms with Crippen LogP contribution in [0.2, 0.25) is 0 Å². The summed E-state index contributed by atoms with van der Waals surface area (Å²) in [7, 11) is 1.65. The van der Waals surface area contributed by atoms with Gasteiger partial charge >= 0.3 is 5.97 Å². The van der Waals surface area contributed by atoms with Crippen molar-refractivity contribution in [2.75, 3.05) is 31.6 Å². The molecule has 8 heteroatoms. The molecule has 28 heavy (non-hydrogen) atoms. The number of aromatic nitrogens is 2. The van der Waals surface area contributed by atoms with E-state index >= 15 is 0 Å². The average Bonchev–Trinajstić information content (AvgIpc) is 3.02. The van der Waals surface area contributed by atoms with Gasteiger partial charge in [-0.3, -0.25) is 19.6 Å². The Bertz CT molecular complexity index is 888. The van der Waals surface area contributed by atoms with Gasteiger partial charge in [0.1, 0.15) is 5.60 Å². The summed E-state index contributed by atoms with van der Waals surface area (Å²) >= 11 is 0. The second-order valence-electron chi connectivity index (χ2n) is 7.57. The molecule has 0 spiro atoms. The number of carbonyl (C=O) groups excluding carboxylic acids is 1. The van der Waals surface area contributed by atoms with Crippen LogP contribution in [0, 0.1) is 6.92 Å². The number of anilines is 1. The second kappa shape index (κ2) is 8.10. The van der Waals surface area contributed by atoms with Crippen LogP contribution in [-0.2, 0) is 9.59 Å². The van der Waals surface area contributed by atoms with Gasteiger partial charge in [-0.15, -0.1) is 0 Å². The van der Waals surface area contributed by atoms with Crippen LogP contribution in [0.3, 0.4) is 0 Å². The molecule has 1 aliphatic heterocycles. The van der Waals surface area contributed by atoms with Crippen LogP contribution < -0.4 is 4.90 Å². The lowest BCUT2D eigenvalue weighted by molar-refractivity contribution is -0.137. The highest BCUT2D eigenvalue weighted by Gasteiger charge is 2.38. The van der Waals surface area contributed by atoms with E-state index in [-0.39, 0.29) is 25.3 Å². The van der Waals surface area contributed by atoms with E-state index in [1.165, 1.54) is 4.90 Å². The Morgan fingerprint density at radius 2 is 2.14 bits per heavy atom. The highest BCUT2D eigenvalue weighted by atomic mass is 16.4. The number of aryl methyl sites for hydroxylation is 1. The van der Waals surface area contributed by atoms with Crippen molar-refractivity contribution in [2.45, 2.75) is 38.2 Å². The Morgan fingerprint density at radius 3 is 2.89 bits per heavy atom. The molecule has 150 valence electrons. The molecule has 2 N–H and O–H groups in total. The van der Waals surface area contributed by atoms with Gasteiger partial charge < -0.3 is 20.0 Å². The summed E-state index contributed by atoms with van der Waals surface area (Å²) in [5.41, 5.74) is 1.74. The molecule has 0 saturated carbocycles. The van der Waals surface area contributed by atoms with Gasteiger partial charge in [0.05, 0.1) is 12.1 Å². The number of fused-ring (bicyclic) bond motifs is 1. The van der Waals surface area contributed by atoms with Crippen LogP contribution in [0.5, 0.6) is 0 Å². The Labute approximate surface area is 163 Å². The topological polar surface area (TPSA) is 107 Å². The number of carboxylic acids is 1. The number of hydrogen-bond donors (Lipinski definition) is 2. The third-order valence-corrected chi connectivity index (χ3v) is 5.13. The van der Waals surface area contributed by atoms with Crippen LogP contribution in [0.1, 0.15) is 31.4 Å². The normalized spacial score (nSPS) is 19.2. The van der Waals surface area contributed by atoms with Crippen LogP contribution in [0.25, 0.3) is 10.9 Å². The van der Waals surface area contributed by atoms with E-state index in [2.05, 4.69) is 14.9 Å². The number of aliphatic carboxylic acids is 1. The smallest absolute Gasteiger partial charge is 0.303 e. The van der Waals surface area contributed by atoms with Gasteiger partial charge in [0.15, 0.2) is 0 Å². The molecule has 0 radical (unpaired) electrons. The third kappa shape index (κ3) is 4.56. The number of aliphatic hydroxyl groups is 1. The largest absolute Gasteiger partial charge is 0.481 e. The fraction of sp³-hybridized carbons (Fsp3) is 0.500. The molecule has 1 fully saturated rings. The van der Waals surface area contributed by atoms with E-state index in [0.717, 1.165) is 22.3 Å². The molecule has 0 bridgehead atoms. The van der Waals surface area contributed by atoms with E-state index in [9.17, 15) is 14.7 Å². The number of amides is 1. The molecule has 8 nitrogen and oxygen atoms in total. The summed E-state index contributed by atoms with van der Waals surface area (Å²) in [5, 5.41) is 20.7. The predicted octanol–water partition coefficient (Wildman–Crippen LogP) is 1.59. The molecular weight excluding hydrogens is 360 g/mol. The van der Waals surface area contributed by atoms with Gasteiger partial charge in [0.25, 0.3) is 0 Å². The first-order valence-electron chi connectivity index (χ1n) is 9.42. The second-order valence-corrected chi connectivity index (χ2v) is 7.57. The minimum Gasteiger partial charge on any atom is -0.481 e. The number of likely N-dealkylation sites (N-methyl/N-ethyl adjacent to an activating group) is 1. The van der Waals surface area contributed by atoms with E-state index in [1.807, 2.05) is 19.1 Å². The maximum atomic E-state index is 12.2. The summed E-state index contributed by atoms with van der Waals surface area (Å²) < 4.78 is 0. The van der Waals surface area contributed by atoms with Crippen molar-refractivity contribution >= 4 is 28.5 Å². The van der Waals surface area contributed by atoms with Crippen molar-refractivity contribution in [2.24, 2.45) is 0 Å². The zero-order valence-corrected chi connectivity index (χ0v) is 16.3. The number of carbonyl (C=O) groups is 2. The molecular formula is C20H26N4O4. The molecule has 3 rings (SSSR count). The lowest BCUT2D eigenvalue weighted by Gasteiger charge is -2.29. The monoisotopic (exact) mass is 386 g/mol. The molecule has 1 atom stereocenters. The lowest BCUT2D eigenvalue weighted by Crippen LogP contribution is -2.45. The van der Waals surface area contributed by atoms with Crippen LogP contribution >= 0.6 is 0 Å². The maximum absolute atomic E-state index is 12.2. The highest BCUT2D eigenvalue weighted by molar-refractivity contribution is 5.91. The first-order chi connectivity index (χ1) is 13.3. The van der Waals surface area contributed by atoms with E-state index in [0.29, 0.717) is 25.9 Å². The third-order valence-electron chi connectivity index (χ3n) is 5.13. The van der Waals surface area contributed by atoms with Gasteiger partial charge in [-0.1, -0.05) is 0 Å². The van der Waals surface area contributed by atoms with E-state index < -0.39 is 11.6 Å². The minimum atomic E-state index is -1.01. The van der Waals surface area contributed by atoms with Crippen molar-refractivity contribution in [3.8, 4) is 0 Å². The summed E-state index contributed by atoms with van der Waals surface area (Å²) in [6, 6.07) is 3.87. The van der Waals surface area contributed by atoms with Crippen molar-refractivity contribution in [3.05, 3.63) is 30.2 Å². The van der Waals surface area contributed by atoms with Gasteiger partial charge in [-0.2, -0.15) is 0 Å². The predicted molar refractivity (Wildman–Crippen MR) is 105 cm³/mol. The van der Waals surface area contributed by atoms with Gasteiger partial charge in [0.2, 0.25) is 5.91 Å². The zero-order valence-electron chi connectivity index (χ0n) is 16.3. The molecule has 1 amide bonds. The number of carboxylic acid groups (broad SMARTS) is 1. The van der Waals surface area contributed by atoms with Gasteiger partial charge in [-0.25, -0.2) is 0 Å². The van der Waals surface area contributed by atoms with Crippen LogP contribution in [0.4, 0.5) is 5.69 Å². The van der Waals surface area contributed by atoms with Crippen LogP contribution in [-0.4, -0.2) is 69.2 Å². The molecule has 2 aromatic heterocycles. The Morgan fingerprint density at radius 1 is 1.36 bits per heavy atom. The Balaban J connectivity index is 1.67. The quantitative estimate of drug-likeness (QED) is 0.744. The van der Waals surface area contributed by atoms with Crippen molar-refractivity contribution < 1.29 is 19.8 Å². The maximum Gasteiger partial charge on any atom is 0.303 e. The van der Waals surface area contributed by atoms with Gasteiger partial charge in [0, 0.05) is 62.1 Å². The Hall–Kier alpha value is -2.74. The standard InChI is InChI=1S/C20H26N4O4/c1-14-10-17(15-11-21-8-6-16(15)22-14)24-9-7-20(28,13-24)12-23(2)18(25)4-3-5-19(26)27/h6,8,10-11,28H,3-5,7,9,12-13H2,1-2H3,(H,26,27). The number of rotatable bonds is 7. The van der Waals surface area contributed by atoms with E-state index in [4.69, 9.17) is 5.11 Å². The number of β-amino-alcohol motifs (C(OH)–C–C–N with tert-alkyl or cyclic N) is 1. The van der Waals surface area contributed by atoms with Crippen molar-refractivity contribution in [3.63, 3.8) is 0 Å². The summed E-state index contributed by atoms with van der Waals surface area (Å²) in [4.78, 5) is 35.2. The first-order valence-corrected chi connectivity index (χ1v) is 9.42. The number of hydrogen-bond acceptors (Lipinski definition) is 6. The fourth-order valence-corrected chi connectivity index (χ4v) is 3.74. The Kier molecular flexibility index (Phi) is 5.79. The summed E-state index contributed by atoms with van der Waals surface area (Å²) in [6.45, 7) is 3.24. The van der Waals surface area contributed by atoms with Crippen LogP contribution in [0.15, 0.2) is 24.5 Å². The van der Waals surface area contributed by atoms with Crippen molar-refractivity contribution in [1.82, 2.24) is 14.9 Å². The molecule has 1 aliphatic rings. The van der Waals surface area contributed by atoms with Crippen molar-refractivity contribution in [1.29, 1.82) is 0 Å². The fourth-order valence-electron chi connectivity index (χ4n) is 3.74.